The molecule has 134 valence electrons. The van der Waals surface area contributed by atoms with Crippen LogP contribution in [0.3, 0.4) is 0 Å². The molecular formula is C20H20ClN3O2. The number of likely N-dealkylation sites (tertiary alicyclic amines) is 1. The average Bonchev–Trinajstić information content (AvgIpc) is 2.66. The van der Waals surface area contributed by atoms with Gasteiger partial charge in [-0.1, -0.05) is 23.7 Å². The summed E-state index contributed by atoms with van der Waals surface area (Å²) in [4.78, 5) is 14.8. The standard InChI is InChI=1S/C20H20ClN3O2/c21-17-5-6-19(25)18(11-17)23-20(26)16-7-9-24(10-8-16)13-15-3-1-14(12-22)2-4-15/h1-6,11,16,25H,7-10,13H2,(H,23,26). The quantitative estimate of drug-likeness (QED) is 0.804. The summed E-state index contributed by atoms with van der Waals surface area (Å²) in [5.41, 5.74) is 2.17. The molecule has 1 aliphatic rings. The molecule has 0 unspecified atom stereocenters. The van der Waals surface area contributed by atoms with Crippen LogP contribution in [0.4, 0.5) is 5.69 Å². The van der Waals surface area contributed by atoms with Crippen molar-refractivity contribution in [2.45, 2.75) is 19.4 Å². The predicted octanol–water partition coefficient (Wildman–Crippen LogP) is 3.77. The zero-order valence-corrected chi connectivity index (χ0v) is 15.0. The minimum absolute atomic E-state index is 0.0148. The molecule has 0 atom stereocenters. The van der Waals surface area contributed by atoms with Crippen molar-refractivity contribution in [1.29, 1.82) is 5.26 Å². The molecule has 0 radical (unpaired) electrons. The minimum atomic E-state index is -0.0828. The first-order valence-electron chi connectivity index (χ1n) is 8.56. The van der Waals surface area contributed by atoms with Crippen LogP contribution in [0.2, 0.25) is 5.02 Å². The molecule has 2 N–H and O–H groups in total. The molecule has 6 heteroatoms. The minimum Gasteiger partial charge on any atom is -0.506 e. The molecule has 2 aromatic rings. The van der Waals surface area contributed by atoms with E-state index in [4.69, 9.17) is 16.9 Å². The molecule has 1 saturated heterocycles. The normalized spacial score (nSPS) is 15.4. The van der Waals surface area contributed by atoms with Gasteiger partial charge in [0.1, 0.15) is 5.75 Å². The summed E-state index contributed by atoms with van der Waals surface area (Å²) in [7, 11) is 0. The Hall–Kier alpha value is -2.55. The molecule has 0 spiro atoms. The average molecular weight is 370 g/mol. The summed E-state index contributed by atoms with van der Waals surface area (Å²) in [6.45, 7) is 2.48. The zero-order valence-electron chi connectivity index (χ0n) is 14.3. The maximum absolute atomic E-state index is 12.5. The van der Waals surface area contributed by atoms with Gasteiger partial charge in [0.05, 0.1) is 17.3 Å². The van der Waals surface area contributed by atoms with E-state index in [0.29, 0.717) is 16.3 Å². The van der Waals surface area contributed by atoms with Gasteiger partial charge in [-0.2, -0.15) is 5.26 Å². The summed E-state index contributed by atoms with van der Waals surface area (Å²) in [6.07, 6.45) is 1.53. The second-order valence-corrected chi connectivity index (χ2v) is 6.95. The lowest BCUT2D eigenvalue weighted by Crippen LogP contribution is -2.37. The number of nitriles is 1. The first-order valence-corrected chi connectivity index (χ1v) is 8.94. The number of nitrogens with zero attached hydrogens (tertiary/aromatic N) is 2. The van der Waals surface area contributed by atoms with Crippen LogP contribution in [0, 0.1) is 17.2 Å². The number of halogens is 1. The Bertz CT molecular complexity index is 822. The molecule has 5 nitrogen and oxygen atoms in total. The Balaban J connectivity index is 1.52. The number of hydrogen-bond donors (Lipinski definition) is 2. The third-order valence-corrected chi connectivity index (χ3v) is 4.90. The Labute approximate surface area is 157 Å². The smallest absolute Gasteiger partial charge is 0.227 e. The maximum Gasteiger partial charge on any atom is 0.227 e. The van der Waals surface area contributed by atoms with Crippen molar-refractivity contribution in [1.82, 2.24) is 4.90 Å². The van der Waals surface area contributed by atoms with E-state index in [-0.39, 0.29) is 17.6 Å². The van der Waals surface area contributed by atoms with Crippen LogP contribution in [-0.4, -0.2) is 29.0 Å². The van der Waals surface area contributed by atoms with E-state index in [1.165, 1.54) is 6.07 Å². The Morgan fingerprint density at radius 1 is 1.23 bits per heavy atom. The van der Waals surface area contributed by atoms with Crippen molar-refractivity contribution in [2.24, 2.45) is 5.92 Å². The number of aromatic hydroxyl groups is 1. The van der Waals surface area contributed by atoms with Crippen LogP contribution >= 0.6 is 11.6 Å². The van der Waals surface area contributed by atoms with Gasteiger partial charge in [-0.25, -0.2) is 0 Å². The van der Waals surface area contributed by atoms with Gasteiger partial charge in [0.2, 0.25) is 5.91 Å². The van der Waals surface area contributed by atoms with E-state index in [1.807, 2.05) is 24.3 Å². The number of rotatable bonds is 4. The van der Waals surface area contributed by atoms with Gasteiger partial charge in [-0.05, 0) is 61.8 Å². The van der Waals surface area contributed by atoms with Crippen molar-refractivity contribution in [3.05, 3.63) is 58.6 Å². The van der Waals surface area contributed by atoms with Gasteiger partial charge in [-0.15, -0.1) is 0 Å². The second-order valence-electron chi connectivity index (χ2n) is 6.51. The number of phenolic OH excluding ortho intramolecular Hbond substituents is 1. The van der Waals surface area contributed by atoms with Crippen molar-refractivity contribution >= 4 is 23.2 Å². The molecule has 1 heterocycles. The van der Waals surface area contributed by atoms with E-state index >= 15 is 0 Å². The monoisotopic (exact) mass is 369 g/mol. The fourth-order valence-electron chi connectivity index (χ4n) is 3.14. The number of anilines is 1. The molecule has 3 rings (SSSR count). The number of phenols is 1. The summed E-state index contributed by atoms with van der Waals surface area (Å²) >= 11 is 5.91. The number of nitrogens with one attached hydrogen (secondary N) is 1. The van der Waals surface area contributed by atoms with Crippen molar-refractivity contribution in [2.75, 3.05) is 18.4 Å². The third-order valence-electron chi connectivity index (χ3n) is 4.66. The van der Waals surface area contributed by atoms with Crippen molar-refractivity contribution < 1.29 is 9.90 Å². The predicted molar refractivity (Wildman–Crippen MR) is 101 cm³/mol. The lowest BCUT2D eigenvalue weighted by atomic mass is 9.95. The van der Waals surface area contributed by atoms with Crippen LogP contribution < -0.4 is 5.32 Å². The highest BCUT2D eigenvalue weighted by Crippen LogP contribution is 2.28. The van der Waals surface area contributed by atoms with Gasteiger partial charge in [-0.3, -0.25) is 9.69 Å². The molecule has 0 saturated carbocycles. The van der Waals surface area contributed by atoms with E-state index < -0.39 is 0 Å². The number of amides is 1. The lowest BCUT2D eigenvalue weighted by Gasteiger charge is -2.31. The molecular weight excluding hydrogens is 350 g/mol. The number of piperidine rings is 1. The summed E-state index contributed by atoms with van der Waals surface area (Å²) in [6, 6.07) is 14.3. The first-order chi connectivity index (χ1) is 12.5. The zero-order chi connectivity index (χ0) is 18.5. The van der Waals surface area contributed by atoms with Crippen molar-refractivity contribution in [3.63, 3.8) is 0 Å². The summed E-state index contributed by atoms with van der Waals surface area (Å²) < 4.78 is 0. The molecule has 1 amide bonds. The fourth-order valence-corrected chi connectivity index (χ4v) is 3.31. The van der Waals surface area contributed by atoms with E-state index in [1.54, 1.807) is 12.1 Å². The molecule has 0 aliphatic carbocycles. The highest BCUT2D eigenvalue weighted by atomic mass is 35.5. The Kier molecular flexibility index (Phi) is 5.77. The van der Waals surface area contributed by atoms with E-state index in [2.05, 4.69) is 16.3 Å². The SMILES string of the molecule is N#Cc1ccc(CN2CCC(C(=O)Nc3cc(Cl)ccc3O)CC2)cc1. The van der Waals surface area contributed by atoms with Crippen LogP contribution in [0.1, 0.15) is 24.0 Å². The lowest BCUT2D eigenvalue weighted by molar-refractivity contribution is -0.121. The highest BCUT2D eigenvalue weighted by molar-refractivity contribution is 6.31. The number of benzene rings is 2. The van der Waals surface area contributed by atoms with Crippen LogP contribution in [-0.2, 0) is 11.3 Å². The number of carbonyl (C=O) groups is 1. The van der Waals surface area contributed by atoms with Gasteiger partial charge < -0.3 is 10.4 Å². The van der Waals surface area contributed by atoms with Gasteiger partial charge in [0, 0.05) is 17.5 Å². The summed E-state index contributed by atoms with van der Waals surface area (Å²) in [5.74, 6) is -0.146. The topological polar surface area (TPSA) is 76.4 Å². The number of hydrogen-bond acceptors (Lipinski definition) is 4. The molecule has 0 aromatic heterocycles. The van der Waals surface area contributed by atoms with Crippen LogP contribution in [0.25, 0.3) is 0 Å². The van der Waals surface area contributed by atoms with E-state index in [9.17, 15) is 9.90 Å². The fraction of sp³-hybridized carbons (Fsp3) is 0.300. The van der Waals surface area contributed by atoms with E-state index in [0.717, 1.165) is 38.0 Å². The van der Waals surface area contributed by atoms with Crippen LogP contribution in [0.15, 0.2) is 42.5 Å². The molecule has 1 aliphatic heterocycles. The molecule has 2 aromatic carbocycles. The van der Waals surface area contributed by atoms with Gasteiger partial charge >= 0.3 is 0 Å². The second kappa shape index (κ2) is 8.22. The van der Waals surface area contributed by atoms with Crippen molar-refractivity contribution in [3.8, 4) is 11.8 Å². The summed E-state index contributed by atoms with van der Waals surface area (Å²) in [5, 5.41) is 21.9. The molecule has 0 bridgehead atoms. The molecule has 26 heavy (non-hydrogen) atoms. The van der Waals surface area contributed by atoms with Crippen LogP contribution in [0.5, 0.6) is 5.75 Å². The molecule has 1 fully saturated rings. The largest absolute Gasteiger partial charge is 0.506 e. The van der Waals surface area contributed by atoms with Gasteiger partial charge in [0.25, 0.3) is 0 Å². The van der Waals surface area contributed by atoms with Gasteiger partial charge in [0.15, 0.2) is 0 Å². The Morgan fingerprint density at radius 3 is 2.58 bits per heavy atom. The number of carbonyl (C=O) groups excluding carboxylic acids is 1. The first kappa shape index (κ1) is 18.2. The third kappa shape index (κ3) is 4.54. The Morgan fingerprint density at radius 2 is 1.92 bits per heavy atom. The highest BCUT2D eigenvalue weighted by Gasteiger charge is 2.25. The maximum atomic E-state index is 12.5.